The number of carboxylic acid groups (broad SMARTS) is 1. The minimum atomic E-state index is -1.22. The Balaban J connectivity index is 1.53. The van der Waals surface area contributed by atoms with E-state index in [1.807, 2.05) is 6.07 Å². The van der Waals surface area contributed by atoms with E-state index in [2.05, 4.69) is 20.4 Å². The van der Waals surface area contributed by atoms with E-state index in [1.54, 1.807) is 42.9 Å². The smallest absolute Gasteiger partial charge is 0.352 e. The Morgan fingerprint density at radius 3 is 2.91 bits per heavy atom. The van der Waals surface area contributed by atoms with E-state index >= 15 is 0 Å². The van der Waals surface area contributed by atoms with Crippen LogP contribution in [0.4, 0.5) is 5.13 Å². The van der Waals surface area contributed by atoms with Crippen molar-refractivity contribution in [3.63, 3.8) is 0 Å². The molecule has 4 N–H and O–H groups in total. The summed E-state index contributed by atoms with van der Waals surface area (Å²) in [4.78, 5) is 52.1. The SMILES string of the molecule is CCON=C(C(=O)NC1C(=O)N2C(C(=O)O)=C(C=Cc3cccnc3)CS[C@@H]12)c1csc(N)n1. The first-order valence-electron chi connectivity index (χ1n) is 10.1. The topological polar surface area (TPSA) is 160 Å². The number of carbonyl (C=O) groups is 3. The zero-order valence-electron chi connectivity index (χ0n) is 17.9. The molecule has 2 aromatic heterocycles. The number of nitrogens with one attached hydrogen (secondary N) is 1. The molecule has 2 aromatic rings. The molecule has 0 aliphatic carbocycles. The van der Waals surface area contributed by atoms with Gasteiger partial charge in [0.15, 0.2) is 10.8 Å². The number of oxime groups is 1. The van der Waals surface area contributed by atoms with Crippen molar-refractivity contribution >= 4 is 57.8 Å². The van der Waals surface area contributed by atoms with Crippen molar-refractivity contribution in [3.8, 4) is 0 Å². The number of β-lactam (4-membered cyclic amide) rings is 1. The average Bonchev–Trinajstić information content (AvgIpc) is 3.27. The van der Waals surface area contributed by atoms with E-state index in [4.69, 9.17) is 10.6 Å². The van der Waals surface area contributed by atoms with Gasteiger partial charge < -0.3 is 21.0 Å². The maximum Gasteiger partial charge on any atom is 0.352 e. The van der Waals surface area contributed by atoms with Crippen LogP contribution in [0.1, 0.15) is 18.2 Å². The Morgan fingerprint density at radius 1 is 1.44 bits per heavy atom. The van der Waals surface area contributed by atoms with Gasteiger partial charge in [-0.15, -0.1) is 23.1 Å². The number of hydrogen-bond acceptors (Lipinski definition) is 10. The molecule has 2 aliphatic heterocycles. The number of allylic oxidation sites excluding steroid dienone is 1. The first-order chi connectivity index (χ1) is 16.4. The molecule has 34 heavy (non-hydrogen) atoms. The highest BCUT2D eigenvalue weighted by molar-refractivity contribution is 8.00. The lowest BCUT2D eigenvalue weighted by Crippen LogP contribution is -2.71. The molecule has 0 bridgehead atoms. The molecule has 2 amide bonds. The Hall–Kier alpha value is -3.71. The zero-order valence-corrected chi connectivity index (χ0v) is 19.5. The lowest BCUT2D eigenvalue weighted by Gasteiger charge is -2.49. The van der Waals surface area contributed by atoms with Crippen LogP contribution in [0.15, 0.2) is 52.4 Å². The van der Waals surface area contributed by atoms with Gasteiger partial charge in [0.2, 0.25) is 0 Å². The summed E-state index contributed by atoms with van der Waals surface area (Å²) in [5, 5.41) is 17.5. The number of anilines is 1. The maximum absolute atomic E-state index is 12.9. The Labute approximate surface area is 202 Å². The molecule has 1 saturated heterocycles. The molecule has 4 rings (SSSR count). The Bertz CT molecular complexity index is 1210. The first-order valence-corrected chi connectivity index (χ1v) is 12.0. The monoisotopic (exact) mass is 500 g/mol. The molecule has 176 valence electrons. The van der Waals surface area contributed by atoms with Gasteiger partial charge in [-0.2, -0.15) is 0 Å². The second-order valence-electron chi connectivity index (χ2n) is 7.09. The number of carbonyl (C=O) groups excluding carboxylic acids is 2. The van der Waals surface area contributed by atoms with Crippen LogP contribution in [0, 0.1) is 0 Å². The number of hydrogen-bond donors (Lipinski definition) is 3. The van der Waals surface area contributed by atoms with Gasteiger partial charge in [0.25, 0.3) is 11.8 Å². The summed E-state index contributed by atoms with van der Waals surface area (Å²) in [6.07, 6.45) is 6.70. The fourth-order valence-electron chi connectivity index (χ4n) is 3.38. The molecule has 1 unspecified atom stereocenters. The van der Waals surface area contributed by atoms with Crippen LogP contribution < -0.4 is 11.1 Å². The summed E-state index contributed by atoms with van der Waals surface area (Å²) in [6, 6.07) is 2.69. The van der Waals surface area contributed by atoms with Crippen molar-refractivity contribution in [1.82, 2.24) is 20.2 Å². The van der Waals surface area contributed by atoms with Crippen molar-refractivity contribution in [2.24, 2.45) is 5.16 Å². The van der Waals surface area contributed by atoms with Gasteiger partial charge in [-0.1, -0.05) is 23.4 Å². The highest BCUT2D eigenvalue weighted by Gasteiger charge is 2.54. The number of aromatic nitrogens is 2. The van der Waals surface area contributed by atoms with Crippen LogP contribution in [0.2, 0.25) is 0 Å². The van der Waals surface area contributed by atoms with E-state index in [9.17, 15) is 19.5 Å². The number of nitrogens with zero attached hydrogens (tertiary/aromatic N) is 4. The third-order valence-corrected chi connectivity index (χ3v) is 6.89. The lowest BCUT2D eigenvalue weighted by molar-refractivity contribution is -0.150. The Kier molecular flexibility index (Phi) is 6.93. The standard InChI is InChI=1S/C21H20N6O5S2/c1-2-32-26-14(13-10-34-21(22)24-13)17(28)25-15-18(29)27-16(20(30)31)12(9-33-19(15)27)6-5-11-4-3-7-23-8-11/h3-8,10,15,19H,2,9H2,1H3,(H2,22,24)(H,25,28)(H,30,31)/t15?,19-/m0/s1. The van der Waals surface area contributed by atoms with Crippen LogP contribution >= 0.6 is 23.1 Å². The molecule has 4 heterocycles. The number of thioether (sulfide) groups is 1. The largest absolute Gasteiger partial charge is 0.477 e. The summed E-state index contributed by atoms with van der Waals surface area (Å²) in [7, 11) is 0. The van der Waals surface area contributed by atoms with E-state index in [0.29, 0.717) is 11.3 Å². The van der Waals surface area contributed by atoms with Crippen molar-refractivity contribution in [3.05, 3.63) is 58.5 Å². The molecule has 2 atom stereocenters. The lowest BCUT2D eigenvalue weighted by atomic mass is 10.0. The second kappa shape index (κ2) is 10.1. The molecular formula is C21H20N6O5S2. The highest BCUT2D eigenvalue weighted by atomic mass is 32.2. The second-order valence-corrected chi connectivity index (χ2v) is 9.08. The highest BCUT2D eigenvalue weighted by Crippen LogP contribution is 2.40. The first kappa shape index (κ1) is 23.4. The number of thiazole rings is 1. The molecule has 0 radical (unpaired) electrons. The quantitative estimate of drug-likeness (QED) is 0.276. The van der Waals surface area contributed by atoms with Gasteiger partial charge in [-0.05, 0) is 24.1 Å². The van der Waals surface area contributed by atoms with E-state index < -0.39 is 29.2 Å². The van der Waals surface area contributed by atoms with Crippen molar-refractivity contribution in [1.29, 1.82) is 0 Å². The number of fused-ring (bicyclic) bond motifs is 1. The van der Waals surface area contributed by atoms with Gasteiger partial charge in [-0.25, -0.2) is 9.78 Å². The number of aliphatic carboxylic acids is 1. The van der Waals surface area contributed by atoms with Gasteiger partial charge in [0, 0.05) is 23.5 Å². The summed E-state index contributed by atoms with van der Waals surface area (Å²) in [6.45, 7) is 1.94. The fourth-order valence-corrected chi connectivity index (χ4v) is 5.25. The normalized spacial score (nSPS) is 20.2. The third kappa shape index (κ3) is 4.65. The number of nitrogen functional groups attached to an aromatic ring is 1. The van der Waals surface area contributed by atoms with Crippen molar-refractivity contribution in [2.75, 3.05) is 18.1 Å². The van der Waals surface area contributed by atoms with Crippen LogP contribution in [-0.4, -0.2) is 67.2 Å². The number of carboxylic acids is 1. The average molecular weight is 501 g/mol. The number of pyridine rings is 1. The molecule has 0 saturated carbocycles. The van der Waals surface area contributed by atoms with Crippen molar-refractivity contribution in [2.45, 2.75) is 18.3 Å². The predicted molar refractivity (Wildman–Crippen MR) is 128 cm³/mol. The molecule has 13 heteroatoms. The number of rotatable bonds is 8. The Morgan fingerprint density at radius 2 is 2.26 bits per heavy atom. The zero-order chi connectivity index (χ0) is 24.2. The molecule has 2 aliphatic rings. The summed E-state index contributed by atoms with van der Waals surface area (Å²) < 4.78 is 0. The summed E-state index contributed by atoms with van der Waals surface area (Å²) >= 11 is 2.50. The molecule has 0 spiro atoms. The predicted octanol–water partition coefficient (Wildman–Crippen LogP) is 1.31. The van der Waals surface area contributed by atoms with Crippen LogP contribution in [0.3, 0.4) is 0 Å². The molecule has 1 fully saturated rings. The number of nitrogens with two attached hydrogens (primary N) is 1. The van der Waals surface area contributed by atoms with Crippen LogP contribution in [-0.2, 0) is 19.2 Å². The van der Waals surface area contributed by atoms with E-state index in [0.717, 1.165) is 16.9 Å². The minimum Gasteiger partial charge on any atom is -0.477 e. The molecule has 11 nitrogen and oxygen atoms in total. The van der Waals surface area contributed by atoms with Gasteiger partial charge in [0.05, 0.1) is 0 Å². The third-order valence-electron chi connectivity index (χ3n) is 4.91. The molecular weight excluding hydrogens is 480 g/mol. The van der Waals surface area contributed by atoms with Crippen LogP contribution in [0.25, 0.3) is 6.08 Å². The summed E-state index contributed by atoms with van der Waals surface area (Å²) in [5.74, 6) is -2.06. The van der Waals surface area contributed by atoms with Gasteiger partial charge in [-0.3, -0.25) is 19.5 Å². The minimum absolute atomic E-state index is 0.102. The molecule has 0 aromatic carbocycles. The maximum atomic E-state index is 12.9. The van der Waals surface area contributed by atoms with Crippen molar-refractivity contribution < 1.29 is 24.3 Å². The van der Waals surface area contributed by atoms with Gasteiger partial charge in [0.1, 0.15) is 29.4 Å². The summed E-state index contributed by atoms with van der Waals surface area (Å²) in [5.41, 5.74) is 6.96. The van der Waals surface area contributed by atoms with E-state index in [-0.39, 0.29) is 28.8 Å². The number of amides is 2. The van der Waals surface area contributed by atoms with Crippen LogP contribution in [0.5, 0.6) is 0 Å². The van der Waals surface area contributed by atoms with E-state index in [1.165, 1.54) is 16.7 Å². The fraction of sp³-hybridized carbons (Fsp3) is 0.238. The van der Waals surface area contributed by atoms with Gasteiger partial charge >= 0.3 is 5.97 Å².